The summed E-state index contributed by atoms with van der Waals surface area (Å²) in [6.07, 6.45) is 4.60. The van der Waals surface area contributed by atoms with Gasteiger partial charge in [0.1, 0.15) is 5.82 Å². The molecule has 3 heterocycles. The predicted molar refractivity (Wildman–Crippen MR) is 103 cm³/mol. The fourth-order valence-corrected chi connectivity index (χ4v) is 4.13. The standard InChI is InChI=1S/C21H25FN4O/c22-17-6-7-18(23-14-17)15-26-10-3-8-21(9-11-26)12-20(27)24-13-16-4-1-2-5-19(16)25-21/h1-2,4-7,14,25H,3,8-13,15H2,(H,24,27)/t21-/m1/s1. The van der Waals surface area contributed by atoms with Crippen molar-refractivity contribution in [2.24, 2.45) is 0 Å². The fraction of sp³-hybridized carbons (Fsp3) is 0.429. The van der Waals surface area contributed by atoms with Gasteiger partial charge < -0.3 is 10.6 Å². The third-order valence-corrected chi connectivity index (χ3v) is 5.60. The van der Waals surface area contributed by atoms with E-state index in [0.717, 1.165) is 49.3 Å². The minimum absolute atomic E-state index is 0.102. The highest BCUT2D eigenvalue weighted by atomic mass is 19.1. The van der Waals surface area contributed by atoms with E-state index in [9.17, 15) is 9.18 Å². The van der Waals surface area contributed by atoms with E-state index in [1.54, 1.807) is 6.07 Å². The van der Waals surface area contributed by atoms with Gasteiger partial charge in [-0.2, -0.15) is 0 Å². The Morgan fingerprint density at radius 1 is 1.15 bits per heavy atom. The van der Waals surface area contributed by atoms with E-state index in [-0.39, 0.29) is 17.3 Å². The van der Waals surface area contributed by atoms with Crippen molar-refractivity contribution in [3.63, 3.8) is 0 Å². The van der Waals surface area contributed by atoms with Crippen LogP contribution in [0.3, 0.4) is 0 Å². The Bertz CT molecular complexity index is 810. The number of rotatable bonds is 2. The molecule has 4 rings (SSSR count). The van der Waals surface area contributed by atoms with E-state index in [4.69, 9.17) is 0 Å². The number of aromatic nitrogens is 1. The molecule has 6 heteroatoms. The molecule has 1 atom stereocenters. The third kappa shape index (κ3) is 4.27. The maximum atomic E-state index is 13.1. The number of likely N-dealkylation sites (tertiary alicyclic amines) is 1. The predicted octanol–water partition coefficient (Wildman–Crippen LogP) is 3.08. The SMILES string of the molecule is O=C1C[C@]2(CCCN(Cc3ccc(F)cn3)CC2)Nc2ccccc2CN1. The molecule has 0 aliphatic carbocycles. The van der Waals surface area contributed by atoms with Crippen LogP contribution in [0.4, 0.5) is 10.1 Å². The van der Waals surface area contributed by atoms with E-state index >= 15 is 0 Å². The lowest BCUT2D eigenvalue weighted by atomic mass is 9.85. The molecule has 142 valence electrons. The molecule has 0 unspecified atom stereocenters. The summed E-state index contributed by atoms with van der Waals surface area (Å²) in [5, 5.41) is 6.78. The molecule has 27 heavy (non-hydrogen) atoms. The molecule has 0 radical (unpaired) electrons. The Balaban J connectivity index is 1.50. The zero-order valence-electron chi connectivity index (χ0n) is 15.4. The number of nitrogens with zero attached hydrogens (tertiary/aromatic N) is 2. The summed E-state index contributed by atoms with van der Waals surface area (Å²) in [5.41, 5.74) is 2.89. The Morgan fingerprint density at radius 2 is 2.04 bits per heavy atom. The summed E-state index contributed by atoms with van der Waals surface area (Å²) >= 11 is 0. The van der Waals surface area contributed by atoms with Crippen LogP contribution in [0.1, 0.15) is 36.9 Å². The Hall–Kier alpha value is -2.47. The monoisotopic (exact) mass is 368 g/mol. The average Bonchev–Trinajstić information content (AvgIpc) is 2.84. The summed E-state index contributed by atoms with van der Waals surface area (Å²) in [6, 6.07) is 11.4. The second kappa shape index (κ2) is 7.64. The molecule has 1 aromatic carbocycles. The second-order valence-electron chi connectivity index (χ2n) is 7.61. The van der Waals surface area contributed by atoms with Crippen molar-refractivity contribution in [3.05, 3.63) is 59.7 Å². The molecule has 2 aliphatic heterocycles. The van der Waals surface area contributed by atoms with Crippen LogP contribution in [0, 0.1) is 5.82 Å². The number of amides is 1. The van der Waals surface area contributed by atoms with Gasteiger partial charge in [0.05, 0.1) is 11.9 Å². The van der Waals surface area contributed by atoms with Crippen LogP contribution in [0.25, 0.3) is 0 Å². The van der Waals surface area contributed by atoms with Gasteiger partial charge in [0.25, 0.3) is 0 Å². The lowest BCUT2D eigenvalue weighted by molar-refractivity contribution is -0.122. The van der Waals surface area contributed by atoms with Gasteiger partial charge in [-0.1, -0.05) is 18.2 Å². The first-order chi connectivity index (χ1) is 13.1. The van der Waals surface area contributed by atoms with Crippen molar-refractivity contribution in [2.45, 2.75) is 44.3 Å². The van der Waals surface area contributed by atoms with Gasteiger partial charge in [-0.05, 0) is 49.6 Å². The summed E-state index contributed by atoms with van der Waals surface area (Å²) in [4.78, 5) is 19.0. The lowest BCUT2D eigenvalue weighted by Crippen LogP contribution is -2.46. The minimum atomic E-state index is -0.308. The first-order valence-corrected chi connectivity index (χ1v) is 9.58. The zero-order valence-corrected chi connectivity index (χ0v) is 15.4. The molecule has 2 aromatic rings. The van der Waals surface area contributed by atoms with Crippen LogP contribution < -0.4 is 10.6 Å². The van der Waals surface area contributed by atoms with Crippen LogP contribution in [-0.2, 0) is 17.9 Å². The Labute approximate surface area is 159 Å². The molecule has 1 aromatic heterocycles. The van der Waals surface area contributed by atoms with Gasteiger partial charge in [-0.15, -0.1) is 0 Å². The highest BCUT2D eigenvalue weighted by molar-refractivity contribution is 5.79. The van der Waals surface area contributed by atoms with Gasteiger partial charge in [0.15, 0.2) is 0 Å². The van der Waals surface area contributed by atoms with E-state index in [1.165, 1.54) is 12.3 Å². The molecule has 0 saturated carbocycles. The third-order valence-electron chi connectivity index (χ3n) is 5.60. The average molecular weight is 368 g/mol. The minimum Gasteiger partial charge on any atom is -0.379 e. The van der Waals surface area contributed by atoms with Crippen molar-refractivity contribution in [1.29, 1.82) is 0 Å². The number of carbonyl (C=O) groups excluding carboxylic acids is 1. The normalized spacial score (nSPS) is 23.5. The van der Waals surface area contributed by atoms with Gasteiger partial charge in [0, 0.05) is 37.3 Å². The summed E-state index contributed by atoms with van der Waals surface area (Å²) < 4.78 is 13.1. The topological polar surface area (TPSA) is 57.3 Å². The lowest BCUT2D eigenvalue weighted by Gasteiger charge is -2.37. The largest absolute Gasteiger partial charge is 0.379 e. The molecular weight excluding hydrogens is 343 g/mol. The van der Waals surface area contributed by atoms with Crippen molar-refractivity contribution in [3.8, 4) is 0 Å². The number of para-hydroxylation sites is 1. The number of carbonyl (C=O) groups is 1. The summed E-state index contributed by atoms with van der Waals surface area (Å²) in [5.74, 6) is -0.206. The first kappa shape index (κ1) is 17.9. The highest BCUT2D eigenvalue weighted by Crippen LogP contribution is 2.33. The molecule has 2 aliphatic rings. The Morgan fingerprint density at radius 3 is 2.89 bits per heavy atom. The van der Waals surface area contributed by atoms with Crippen LogP contribution >= 0.6 is 0 Å². The number of anilines is 1. The quantitative estimate of drug-likeness (QED) is 0.855. The van der Waals surface area contributed by atoms with Gasteiger partial charge >= 0.3 is 0 Å². The maximum Gasteiger partial charge on any atom is 0.222 e. The summed E-state index contributed by atoms with van der Waals surface area (Å²) in [7, 11) is 0. The molecule has 0 bridgehead atoms. The van der Waals surface area contributed by atoms with Crippen molar-refractivity contribution >= 4 is 11.6 Å². The highest BCUT2D eigenvalue weighted by Gasteiger charge is 2.36. The maximum absolute atomic E-state index is 13.1. The van der Waals surface area contributed by atoms with E-state index < -0.39 is 0 Å². The van der Waals surface area contributed by atoms with E-state index in [2.05, 4.69) is 32.7 Å². The zero-order chi connectivity index (χ0) is 18.7. The van der Waals surface area contributed by atoms with Crippen LogP contribution in [0.5, 0.6) is 0 Å². The smallest absolute Gasteiger partial charge is 0.222 e. The number of benzene rings is 1. The van der Waals surface area contributed by atoms with Crippen LogP contribution in [0.15, 0.2) is 42.6 Å². The molecular formula is C21H25FN4O. The molecule has 2 N–H and O–H groups in total. The molecule has 1 amide bonds. The number of pyridine rings is 1. The molecule has 1 fully saturated rings. The van der Waals surface area contributed by atoms with Crippen molar-refractivity contribution in [1.82, 2.24) is 15.2 Å². The first-order valence-electron chi connectivity index (χ1n) is 9.58. The van der Waals surface area contributed by atoms with Gasteiger partial charge in [-0.25, -0.2) is 4.39 Å². The van der Waals surface area contributed by atoms with Crippen molar-refractivity contribution in [2.75, 3.05) is 18.4 Å². The molecule has 5 nitrogen and oxygen atoms in total. The molecule has 1 saturated heterocycles. The van der Waals surface area contributed by atoms with Gasteiger partial charge in [-0.3, -0.25) is 14.7 Å². The van der Waals surface area contributed by atoms with E-state index in [1.807, 2.05) is 12.1 Å². The molecule has 1 spiro atoms. The second-order valence-corrected chi connectivity index (χ2v) is 7.61. The van der Waals surface area contributed by atoms with Crippen LogP contribution in [0.2, 0.25) is 0 Å². The van der Waals surface area contributed by atoms with E-state index in [0.29, 0.717) is 19.5 Å². The Kier molecular flexibility index (Phi) is 5.07. The number of hydrogen-bond donors (Lipinski definition) is 2. The number of fused-ring (bicyclic) bond motifs is 1. The summed E-state index contributed by atoms with van der Waals surface area (Å²) in [6.45, 7) is 3.10. The number of halogens is 1. The van der Waals surface area contributed by atoms with Crippen LogP contribution in [-0.4, -0.2) is 34.4 Å². The van der Waals surface area contributed by atoms with Gasteiger partial charge in [0.2, 0.25) is 5.91 Å². The van der Waals surface area contributed by atoms with Crippen molar-refractivity contribution < 1.29 is 9.18 Å². The fourth-order valence-electron chi connectivity index (χ4n) is 4.13. The number of nitrogens with one attached hydrogen (secondary N) is 2. The number of hydrogen-bond acceptors (Lipinski definition) is 4.